The minimum absolute atomic E-state index is 0.623. The first-order valence-corrected chi connectivity index (χ1v) is 7.46. The molecule has 0 bridgehead atoms. The van der Waals surface area contributed by atoms with Gasteiger partial charge in [-0.3, -0.25) is 4.98 Å². The van der Waals surface area contributed by atoms with Crippen LogP contribution in [0.2, 0.25) is 0 Å². The summed E-state index contributed by atoms with van der Waals surface area (Å²) in [5.74, 6) is 2.45. The van der Waals surface area contributed by atoms with Gasteiger partial charge in [0.15, 0.2) is 0 Å². The van der Waals surface area contributed by atoms with Gasteiger partial charge in [-0.15, -0.1) is 0 Å². The third kappa shape index (κ3) is 4.15. The molecule has 21 heavy (non-hydrogen) atoms. The standard InChI is InChI=1S/C16H22N4O/c1-4-7-18-16-9-14(19-15(5-2)20-16)12-8-13(21-6-3)11-17-10-12/h8-11H,4-7H2,1-3H3,(H,18,19,20). The van der Waals surface area contributed by atoms with Gasteiger partial charge < -0.3 is 10.1 Å². The molecule has 0 radical (unpaired) electrons. The normalized spacial score (nSPS) is 10.4. The van der Waals surface area contributed by atoms with Gasteiger partial charge in [-0.05, 0) is 19.4 Å². The second kappa shape index (κ2) is 7.57. The van der Waals surface area contributed by atoms with E-state index >= 15 is 0 Å². The summed E-state index contributed by atoms with van der Waals surface area (Å²) in [6, 6.07) is 3.92. The highest BCUT2D eigenvalue weighted by Crippen LogP contribution is 2.23. The fourth-order valence-corrected chi connectivity index (χ4v) is 1.95. The van der Waals surface area contributed by atoms with E-state index in [2.05, 4.69) is 34.1 Å². The third-order valence-electron chi connectivity index (χ3n) is 2.96. The summed E-state index contributed by atoms with van der Waals surface area (Å²) in [4.78, 5) is 13.3. The molecule has 0 saturated heterocycles. The van der Waals surface area contributed by atoms with E-state index < -0.39 is 0 Å². The lowest BCUT2D eigenvalue weighted by Crippen LogP contribution is -2.05. The van der Waals surface area contributed by atoms with Gasteiger partial charge in [0, 0.05) is 30.8 Å². The lowest BCUT2D eigenvalue weighted by atomic mass is 10.2. The van der Waals surface area contributed by atoms with Crippen LogP contribution in [-0.2, 0) is 6.42 Å². The Labute approximate surface area is 125 Å². The molecule has 0 fully saturated rings. The first-order chi connectivity index (χ1) is 10.3. The number of nitrogens with one attached hydrogen (secondary N) is 1. The molecule has 2 heterocycles. The molecule has 2 rings (SSSR count). The van der Waals surface area contributed by atoms with Crippen molar-refractivity contribution in [1.29, 1.82) is 0 Å². The Balaban J connectivity index is 2.35. The Bertz CT molecular complexity index is 586. The van der Waals surface area contributed by atoms with Crippen LogP contribution in [0.5, 0.6) is 5.75 Å². The molecular formula is C16H22N4O. The summed E-state index contributed by atoms with van der Waals surface area (Å²) >= 11 is 0. The number of aryl methyl sites for hydroxylation is 1. The van der Waals surface area contributed by atoms with Crippen molar-refractivity contribution in [3.8, 4) is 17.0 Å². The Kier molecular flexibility index (Phi) is 5.49. The highest BCUT2D eigenvalue weighted by Gasteiger charge is 2.07. The minimum Gasteiger partial charge on any atom is -0.492 e. The van der Waals surface area contributed by atoms with Crippen molar-refractivity contribution in [2.45, 2.75) is 33.6 Å². The molecule has 0 atom stereocenters. The first-order valence-electron chi connectivity index (χ1n) is 7.46. The van der Waals surface area contributed by atoms with Crippen molar-refractivity contribution in [1.82, 2.24) is 15.0 Å². The zero-order valence-corrected chi connectivity index (χ0v) is 12.9. The van der Waals surface area contributed by atoms with Crippen LogP contribution >= 0.6 is 0 Å². The van der Waals surface area contributed by atoms with Crippen molar-refractivity contribution in [3.63, 3.8) is 0 Å². The molecule has 0 spiro atoms. The van der Waals surface area contributed by atoms with Gasteiger partial charge in [-0.2, -0.15) is 0 Å². The molecule has 0 amide bonds. The zero-order chi connectivity index (χ0) is 15.1. The summed E-state index contributed by atoms with van der Waals surface area (Å²) in [6.07, 6.45) is 5.37. The van der Waals surface area contributed by atoms with Crippen LogP contribution in [0, 0.1) is 0 Å². The summed E-state index contributed by atoms with van der Waals surface area (Å²) in [5.41, 5.74) is 1.81. The molecule has 5 nitrogen and oxygen atoms in total. The minimum atomic E-state index is 0.623. The van der Waals surface area contributed by atoms with E-state index in [1.54, 1.807) is 12.4 Å². The Hall–Kier alpha value is -2.17. The predicted molar refractivity (Wildman–Crippen MR) is 84.6 cm³/mol. The number of nitrogens with zero attached hydrogens (tertiary/aromatic N) is 3. The van der Waals surface area contributed by atoms with Gasteiger partial charge in [0.05, 0.1) is 18.5 Å². The maximum atomic E-state index is 5.50. The topological polar surface area (TPSA) is 59.9 Å². The van der Waals surface area contributed by atoms with Crippen LogP contribution in [0.15, 0.2) is 24.5 Å². The van der Waals surface area contributed by atoms with Crippen LogP contribution < -0.4 is 10.1 Å². The van der Waals surface area contributed by atoms with Crippen LogP contribution in [-0.4, -0.2) is 28.1 Å². The molecule has 0 aromatic carbocycles. The monoisotopic (exact) mass is 286 g/mol. The van der Waals surface area contributed by atoms with Gasteiger partial charge in [0.2, 0.25) is 0 Å². The van der Waals surface area contributed by atoms with Crippen molar-refractivity contribution in [2.24, 2.45) is 0 Å². The van der Waals surface area contributed by atoms with Crippen LogP contribution in [0.3, 0.4) is 0 Å². The van der Waals surface area contributed by atoms with Gasteiger partial charge in [0.25, 0.3) is 0 Å². The number of hydrogen-bond acceptors (Lipinski definition) is 5. The number of hydrogen-bond donors (Lipinski definition) is 1. The average molecular weight is 286 g/mol. The molecule has 0 unspecified atom stereocenters. The fraction of sp³-hybridized carbons (Fsp3) is 0.438. The molecular weight excluding hydrogens is 264 g/mol. The molecule has 2 aromatic heterocycles. The number of rotatable bonds is 7. The van der Waals surface area contributed by atoms with Gasteiger partial charge in [-0.25, -0.2) is 9.97 Å². The van der Waals surface area contributed by atoms with Crippen molar-refractivity contribution >= 4 is 5.82 Å². The second-order valence-corrected chi connectivity index (χ2v) is 4.68. The largest absolute Gasteiger partial charge is 0.492 e. The molecule has 0 saturated carbocycles. The molecule has 0 aliphatic heterocycles. The fourth-order valence-electron chi connectivity index (χ4n) is 1.95. The molecule has 112 valence electrons. The molecule has 0 aliphatic rings. The summed E-state index contributed by atoms with van der Waals surface area (Å²) in [6.45, 7) is 7.66. The number of ether oxygens (including phenoxy) is 1. The highest BCUT2D eigenvalue weighted by atomic mass is 16.5. The van der Waals surface area contributed by atoms with E-state index in [4.69, 9.17) is 4.74 Å². The maximum Gasteiger partial charge on any atom is 0.138 e. The molecule has 2 aromatic rings. The van der Waals surface area contributed by atoms with Gasteiger partial charge in [-0.1, -0.05) is 13.8 Å². The zero-order valence-electron chi connectivity index (χ0n) is 12.9. The third-order valence-corrected chi connectivity index (χ3v) is 2.96. The van der Waals surface area contributed by atoms with Crippen LogP contribution in [0.4, 0.5) is 5.82 Å². The quantitative estimate of drug-likeness (QED) is 0.846. The molecule has 0 aliphatic carbocycles. The SMILES string of the molecule is CCCNc1cc(-c2cncc(OCC)c2)nc(CC)n1. The second-order valence-electron chi connectivity index (χ2n) is 4.68. The van der Waals surface area contributed by atoms with Crippen molar-refractivity contribution in [2.75, 3.05) is 18.5 Å². The summed E-state index contributed by atoms with van der Waals surface area (Å²) in [7, 11) is 0. The highest BCUT2D eigenvalue weighted by molar-refractivity contribution is 5.63. The van der Waals surface area contributed by atoms with E-state index in [1.807, 2.05) is 19.1 Å². The van der Waals surface area contributed by atoms with Crippen LogP contribution in [0.25, 0.3) is 11.3 Å². The van der Waals surface area contributed by atoms with E-state index in [0.29, 0.717) is 6.61 Å². The van der Waals surface area contributed by atoms with E-state index in [0.717, 1.165) is 48.0 Å². The Morgan fingerprint density at radius 3 is 2.67 bits per heavy atom. The van der Waals surface area contributed by atoms with E-state index in [-0.39, 0.29) is 0 Å². The smallest absolute Gasteiger partial charge is 0.138 e. The summed E-state index contributed by atoms with van der Waals surface area (Å²) in [5, 5.41) is 3.32. The summed E-state index contributed by atoms with van der Waals surface area (Å²) < 4.78 is 5.50. The van der Waals surface area contributed by atoms with E-state index in [9.17, 15) is 0 Å². The molecule has 5 heteroatoms. The number of pyridine rings is 1. The maximum absolute atomic E-state index is 5.50. The predicted octanol–water partition coefficient (Wildman–Crippen LogP) is 3.32. The van der Waals surface area contributed by atoms with E-state index in [1.165, 1.54) is 0 Å². The Morgan fingerprint density at radius 2 is 1.95 bits per heavy atom. The first kappa shape index (κ1) is 15.2. The number of anilines is 1. The van der Waals surface area contributed by atoms with Gasteiger partial charge >= 0.3 is 0 Å². The number of aromatic nitrogens is 3. The lowest BCUT2D eigenvalue weighted by Gasteiger charge is -2.09. The molecule has 1 N–H and O–H groups in total. The lowest BCUT2D eigenvalue weighted by molar-refractivity contribution is 0.339. The van der Waals surface area contributed by atoms with Crippen molar-refractivity contribution < 1.29 is 4.74 Å². The van der Waals surface area contributed by atoms with Crippen molar-refractivity contribution in [3.05, 3.63) is 30.4 Å². The van der Waals surface area contributed by atoms with Gasteiger partial charge in [0.1, 0.15) is 17.4 Å². The Morgan fingerprint density at radius 1 is 1.10 bits per heavy atom. The van der Waals surface area contributed by atoms with Crippen LogP contribution in [0.1, 0.15) is 33.0 Å². The average Bonchev–Trinajstić information content (AvgIpc) is 2.53.